The molecule has 0 unspecified atom stereocenters. The van der Waals surface area contributed by atoms with Gasteiger partial charge in [-0.1, -0.05) is 66.7 Å². The lowest BCUT2D eigenvalue weighted by molar-refractivity contribution is -0.236. The van der Waals surface area contributed by atoms with Crippen LogP contribution in [0.15, 0.2) is 72.8 Å². The van der Waals surface area contributed by atoms with Crippen molar-refractivity contribution in [2.45, 2.75) is 37.7 Å². The van der Waals surface area contributed by atoms with Crippen molar-refractivity contribution in [1.82, 2.24) is 10.2 Å². The van der Waals surface area contributed by atoms with E-state index in [9.17, 15) is 41.0 Å². The van der Waals surface area contributed by atoms with E-state index in [1.54, 1.807) is 31.4 Å². The van der Waals surface area contributed by atoms with Crippen LogP contribution < -0.4 is 10.1 Å². The minimum absolute atomic E-state index is 0.329. The molecule has 0 aliphatic carbocycles. The number of carbonyl (C=O) groups is 2. The Morgan fingerprint density at radius 1 is 0.867 bits per heavy atom. The number of methoxy groups -OCH3 is 1. The van der Waals surface area contributed by atoms with Gasteiger partial charge in [-0.2, -0.15) is 26.3 Å². The van der Waals surface area contributed by atoms with Gasteiger partial charge < -0.3 is 15.2 Å². The van der Waals surface area contributed by atoms with Gasteiger partial charge in [0.15, 0.2) is 0 Å². The molecule has 0 saturated carbocycles. The molecule has 0 radical (unpaired) electrons. The first-order valence-corrected chi connectivity index (χ1v) is 14.2. The van der Waals surface area contributed by atoms with Gasteiger partial charge in [0.25, 0.3) is 0 Å². The molecule has 1 amide bonds. The van der Waals surface area contributed by atoms with Crippen LogP contribution in [0.1, 0.15) is 18.4 Å². The lowest BCUT2D eigenvalue weighted by Gasteiger charge is -2.42. The first-order valence-electron chi connectivity index (χ1n) is 14.2. The van der Waals surface area contributed by atoms with E-state index in [1.165, 1.54) is 0 Å². The molecule has 2 N–H and O–H groups in total. The zero-order valence-electron chi connectivity index (χ0n) is 24.1. The van der Waals surface area contributed by atoms with Crippen molar-refractivity contribution in [2.75, 3.05) is 26.7 Å². The number of aliphatic carboxylic acids is 1. The van der Waals surface area contributed by atoms with Gasteiger partial charge in [0, 0.05) is 17.4 Å². The quantitative estimate of drug-likeness (QED) is 0.205. The number of carboxylic acid groups (broad SMARTS) is 1. The van der Waals surface area contributed by atoms with Gasteiger partial charge in [-0.05, 0) is 59.3 Å². The van der Waals surface area contributed by atoms with Crippen molar-refractivity contribution in [1.29, 1.82) is 0 Å². The molecule has 238 valence electrons. The monoisotopic (exact) mass is 632 g/mol. The summed E-state index contributed by atoms with van der Waals surface area (Å²) in [6.45, 7) is -2.63. The van der Waals surface area contributed by atoms with E-state index in [-0.39, 0.29) is 6.42 Å². The lowest BCUT2D eigenvalue weighted by atomic mass is 9.76. The molecule has 0 spiro atoms. The number of fused-ring (bicyclic) bond motifs is 2. The van der Waals surface area contributed by atoms with Crippen LogP contribution in [-0.2, 0) is 16.0 Å². The Kier molecular flexibility index (Phi) is 8.72. The van der Waals surface area contributed by atoms with E-state index in [1.807, 2.05) is 48.5 Å². The minimum Gasteiger partial charge on any atom is -0.495 e. The molecule has 45 heavy (non-hydrogen) atoms. The van der Waals surface area contributed by atoms with Gasteiger partial charge in [0.1, 0.15) is 17.2 Å². The summed E-state index contributed by atoms with van der Waals surface area (Å²) in [5.41, 5.74) is -0.968. The molecule has 1 saturated heterocycles. The predicted molar refractivity (Wildman–Crippen MR) is 157 cm³/mol. The summed E-state index contributed by atoms with van der Waals surface area (Å²) >= 11 is 0. The molecule has 1 aliphatic heterocycles. The average Bonchev–Trinajstić information content (AvgIpc) is 2.99. The van der Waals surface area contributed by atoms with Gasteiger partial charge in [0.05, 0.1) is 13.7 Å². The standard InChI is InChI=1S/C33H30F6N2O4/c1-45-28-23-8-3-2-6-20(23)12-13-26(28)25-11-5-9-22-21(7-4-10-24(22)25)18-27(29(42)43)40-30(44)31(33(37,38)39)14-16-41(17-15-31)19-32(34,35)36/h2-13,27H,14-19H2,1H3,(H,40,44)(H,42,43)/t27-/m0/s1. The molecule has 0 bridgehead atoms. The summed E-state index contributed by atoms with van der Waals surface area (Å²) in [7, 11) is 1.57. The van der Waals surface area contributed by atoms with E-state index in [0.29, 0.717) is 16.7 Å². The van der Waals surface area contributed by atoms with E-state index in [2.05, 4.69) is 5.32 Å². The van der Waals surface area contributed by atoms with Crippen molar-refractivity contribution in [3.8, 4) is 16.9 Å². The zero-order chi connectivity index (χ0) is 32.6. The maximum atomic E-state index is 14.3. The average molecular weight is 633 g/mol. The molecule has 0 aromatic heterocycles. The van der Waals surface area contributed by atoms with Crippen LogP contribution in [0.5, 0.6) is 5.75 Å². The SMILES string of the molecule is COc1c(-c2cccc3c(C[C@H](NC(=O)C4(C(F)(F)F)CCN(CC(F)(F)F)CC4)C(=O)O)cccc23)ccc2ccccc12. The Balaban J connectivity index is 1.45. The van der Waals surface area contributed by atoms with E-state index in [4.69, 9.17) is 4.74 Å². The van der Waals surface area contributed by atoms with Crippen LogP contribution in [0, 0.1) is 5.41 Å². The van der Waals surface area contributed by atoms with Crippen molar-refractivity contribution in [3.05, 3.63) is 78.4 Å². The van der Waals surface area contributed by atoms with Gasteiger partial charge in [0.2, 0.25) is 5.91 Å². The molecular weight excluding hydrogens is 602 g/mol. The van der Waals surface area contributed by atoms with Gasteiger partial charge in [-0.3, -0.25) is 9.69 Å². The van der Waals surface area contributed by atoms with E-state index in [0.717, 1.165) is 32.2 Å². The molecule has 6 nitrogen and oxygen atoms in total. The van der Waals surface area contributed by atoms with E-state index < -0.39 is 68.2 Å². The highest BCUT2D eigenvalue weighted by Crippen LogP contribution is 2.47. The van der Waals surface area contributed by atoms with Gasteiger partial charge in [-0.15, -0.1) is 0 Å². The number of rotatable bonds is 8. The highest BCUT2D eigenvalue weighted by atomic mass is 19.4. The summed E-state index contributed by atoms with van der Waals surface area (Å²) in [6.07, 6.45) is -11.9. The number of piperidine rings is 1. The van der Waals surface area contributed by atoms with Gasteiger partial charge in [-0.25, -0.2) is 4.79 Å². The summed E-state index contributed by atoms with van der Waals surface area (Å²) < 4.78 is 87.1. The van der Waals surface area contributed by atoms with Crippen molar-refractivity contribution in [2.24, 2.45) is 5.41 Å². The Morgan fingerprint density at radius 3 is 2.16 bits per heavy atom. The summed E-state index contributed by atoms with van der Waals surface area (Å²) in [5.74, 6) is -2.46. The van der Waals surface area contributed by atoms with Crippen LogP contribution >= 0.6 is 0 Å². The topological polar surface area (TPSA) is 78.9 Å². The zero-order valence-corrected chi connectivity index (χ0v) is 24.1. The third-order valence-electron chi connectivity index (χ3n) is 8.50. The Labute approximate surface area is 254 Å². The largest absolute Gasteiger partial charge is 0.495 e. The number of amides is 1. The minimum atomic E-state index is -5.10. The summed E-state index contributed by atoms with van der Waals surface area (Å²) in [5, 5.41) is 15.3. The van der Waals surface area contributed by atoms with Crippen LogP contribution in [-0.4, -0.2) is 67.0 Å². The van der Waals surface area contributed by atoms with Crippen molar-refractivity contribution < 1.29 is 45.8 Å². The van der Waals surface area contributed by atoms with Crippen LogP contribution in [0.4, 0.5) is 26.3 Å². The third-order valence-corrected chi connectivity index (χ3v) is 8.50. The Hall–Kier alpha value is -4.32. The number of hydrogen-bond acceptors (Lipinski definition) is 4. The molecule has 1 atom stereocenters. The molecule has 5 rings (SSSR count). The number of carbonyl (C=O) groups excluding carboxylic acids is 1. The molecule has 1 fully saturated rings. The highest BCUT2D eigenvalue weighted by Gasteiger charge is 2.61. The number of ether oxygens (including phenoxy) is 1. The van der Waals surface area contributed by atoms with Crippen LogP contribution in [0.25, 0.3) is 32.7 Å². The first-order chi connectivity index (χ1) is 21.2. The number of hydrogen-bond donors (Lipinski definition) is 2. The Morgan fingerprint density at radius 2 is 1.51 bits per heavy atom. The number of benzene rings is 4. The van der Waals surface area contributed by atoms with Crippen LogP contribution in [0.2, 0.25) is 0 Å². The Bertz CT molecular complexity index is 1730. The number of nitrogens with one attached hydrogen (secondary N) is 1. The fraction of sp³-hybridized carbons (Fsp3) is 0.333. The van der Waals surface area contributed by atoms with Crippen LogP contribution in [0.3, 0.4) is 0 Å². The number of alkyl halides is 6. The highest BCUT2D eigenvalue weighted by molar-refractivity contribution is 6.04. The smallest absolute Gasteiger partial charge is 0.403 e. The second kappa shape index (κ2) is 12.2. The second-order valence-electron chi connectivity index (χ2n) is 11.2. The van der Waals surface area contributed by atoms with E-state index >= 15 is 0 Å². The number of likely N-dealkylation sites (tertiary alicyclic amines) is 1. The third kappa shape index (κ3) is 6.42. The molecule has 12 heteroatoms. The molecule has 4 aromatic rings. The molecule has 4 aromatic carbocycles. The molecule has 1 heterocycles. The van der Waals surface area contributed by atoms with Crippen molar-refractivity contribution in [3.63, 3.8) is 0 Å². The summed E-state index contributed by atoms with van der Waals surface area (Å²) in [4.78, 5) is 26.3. The molecule has 1 aliphatic rings. The number of halogens is 6. The fourth-order valence-corrected chi connectivity index (χ4v) is 6.16. The predicted octanol–water partition coefficient (Wildman–Crippen LogP) is 6.99. The lowest BCUT2D eigenvalue weighted by Crippen LogP contribution is -2.59. The maximum absolute atomic E-state index is 14.3. The number of carboxylic acids is 1. The number of nitrogens with zero attached hydrogens (tertiary/aromatic N) is 1. The van der Waals surface area contributed by atoms with Crippen molar-refractivity contribution >= 4 is 33.4 Å². The van der Waals surface area contributed by atoms with Gasteiger partial charge >= 0.3 is 18.3 Å². The first kappa shape index (κ1) is 32.1. The molecular formula is C33H30F6N2O4. The fourth-order valence-electron chi connectivity index (χ4n) is 6.16. The maximum Gasteiger partial charge on any atom is 0.403 e. The normalized spacial score (nSPS) is 16.4. The second-order valence-corrected chi connectivity index (χ2v) is 11.2. The summed E-state index contributed by atoms with van der Waals surface area (Å²) in [6, 6.07) is 20.4.